The molecule has 0 N–H and O–H groups in total. The van der Waals surface area contributed by atoms with Crippen molar-refractivity contribution >= 4 is 20.8 Å². The predicted molar refractivity (Wildman–Crippen MR) is 119 cm³/mol. The fourth-order valence-electron chi connectivity index (χ4n) is 4.18. The van der Waals surface area contributed by atoms with Crippen LogP contribution in [0, 0.1) is 6.92 Å². The van der Waals surface area contributed by atoms with Crippen molar-refractivity contribution in [2.45, 2.75) is 37.1 Å². The maximum atomic E-state index is 13.7. The summed E-state index contributed by atoms with van der Waals surface area (Å²) >= 11 is 0. The Morgan fingerprint density at radius 2 is 1.74 bits per heavy atom. The maximum Gasteiger partial charge on any atom is 0.245 e. The van der Waals surface area contributed by atoms with Crippen LogP contribution in [-0.2, 0) is 10.0 Å². The van der Waals surface area contributed by atoms with E-state index in [1.165, 1.54) is 4.31 Å². The van der Waals surface area contributed by atoms with Crippen LogP contribution >= 0.6 is 0 Å². The van der Waals surface area contributed by atoms with Crippen LogP contribution in [0.1, 0.15) is 36.8 Å². The lowest BCUT2D eigenvalue weighted by atomic mass is 10.1. The smallest absolute Gasteiger partial charge is 0.245 e. The molecule has 1 fully saturated rings. The molecular formula is C24H23N3O3S. The molecule has 0 bridgehead atoms. The zero-order chi connectivity index (χ0) is 21.4. The largest absolute Gasteiger partial charge is 0.337 e. The van der Waals surface area contributed by atoms with Crippen molar-refractivity contribution in [2.24, 2.45) is 0 Å². The Bertz CT molecular complexity index is 1320. The van der Waals surface area contributed by atoms with Gasteiger partial charge in [-0.15, -0.1) is 0 Å². The summed E-state index contributed by atoms with van der Waals surface area (Å²) in [7, 11) is -3.74. The van der Waals surface area contributed by atoms with Crippen LogP contribution in [0.15, 0.2) is 76.1 Å². The molecule has 31 heavy (non-hydrogen) atoms. The van der Waals surface area contributed by atoms with Gasteiger partial charge in [-0.2, -0.15) is 9.29 Å². The molecule has 5 rings (SSSR count). The number of rotatable bonds is 4. The Morgan fingerprint density at radius 1 is 0.968 bits per heavy atom. The number of aromatic nitrogens is 2. The number of aryl methyl sites for hydroxylation is 1. The average molecular weight is 434 g/mol. The van der Waals surface area contributed by atoms with Crippen LogP contribution in [0.25, 0.3) is 22.2 Å². The van der Waals surface area contributed by atoms with Gasteiger partial charge in [0.25, 0.3) is 0 Å². The molecule has 0 spiro atoms. The van der Waals surface area contributed by atoms with Crippen molar-refractivity contribution in [1.29, 1.82) is 0 Å². The SMILES string of the molecule is Cc1ccc(-c2noc(C3CCCCN3S(=O)(=O)c3cccc4ccccc34)n2)cc1. The number of fused-ring (bicyclic) bond motifs is 1. The monoisotopic (exact) mass is 433 g/mol. The first-order chi connectivity index (χ1) is 15.0. The molecule has 1 atom stereocenters. The van der Waals surface area contributed by atoms with E-state index in [0.717, 1.165) is 34.7 Å². The van der Waals surface area contributed by atoms with Crippen LogP contribution in [0.5, 0.6) is 0 Å². The fraction of sp³-hybridized carbons (Fsp3) is 0.250. The van der Waals surface area contributed by atoms with Crippen molar-refractivity contribution in [3.8, 4) is 11.4 Å². The van der Waals surface area contributed by atoms with Gasteiger partial charge in [-0.25, -0.2) is 8.42 Å². The van der Waals surface area contributed by atoms with E-state index in [0.29, 0.717) is 29.6 Å². The van der Waals surface area contributed by atoms with E-state index in [-0.39, 0.29) is 0 Å². The van der Waals surface area contributed by atoms with E-state index >= 15 is 0 Å². The molecule has 1 aliphatic heterocycles. The van der Waals surface area contributed by atoms with Crippen LogP contribution in [-0.4, -0.2) is 29.4 Å². The molecule has 6 nitrogen and oxygen atoms in total. The summed E-state index contributed by atoms with van der Waals surface area (Å²) in [5.74, 6) is 0.821. The van der Waals surface area contributed by atoms with Crippen molar-refractivity contribution in [3.63, 3.8) is 0 Å². The fourth-order valence-corrected chi connectivity index (χ4v) is 6.04. The standard InChI is InChI=1S/C24H23N3O3S/c1-17-12-14-19(15-13-17)23-25-24(30-26-23)21-10-4-5-16-27(21)31(28,29)22-11-6-8-18-7-2-3-9-20(18)22/h2-3,6-9,11-15,21H,4-5,10,16H2,1H3. The summed E-state index contributed by atoms with van der Waals surface area (Å²) < 4.78 is 34.6. The van der Waals surface area contributed by atoms with Gasteiger partial charge in [0.15, 0.2) is 0 Å². The van der Waals surface area contributed by atoms with Crippen LogP contribution in [0.3, 0.4) is 0 Å². The summed E-state index contributed by atoms with van der Waals surface area (Å²) in [5.41, 5.74) is 1.99. The quantitative estimate of drug-likeness (QED) is 0.447. The number of piperidine rings is 1. The zero-order valence-corrected chi connectivity index (χ0v) is 18.0. The molecule has 0 amide bonds. The first kappa shape index (κ1) is 19.9. The number of nitrogens with zero attached hydrogens (tertiary/aromatic N) is 3. The van der Waals surface area contributed by atoms with E-state index in [4.69, 9.17) is 4.52 Å². The Hall–Kier alpha value is -3.03. The number of benzene rings is 3. The number of sulfonamides is 1. The lowest BCUT2D eigenvalue weighted by Crippen LogP contribution is -2.38. The lowest BCUT2D eigenvalue weighted by Gasteiger charge is -2.32. The van der Waals surface area contributed by atoms with Gasteiger partial charge in [0, 0.05) is 17.5 Å². The highest BCUT2D eigenvalue weighted by Gasteiger charge is 2.38. The summed E-state index contributed by atoms with van der Waals surface area (Å²) in [6.07, 6.45) is 2.37. The van der Waals surface area contributed by atoms with Gasteiger partial charge in [0.1, 0.15) is 6.04 Å². The van der Waals surface area contributed by atoms with Gasteiger partial charge < -0.3 is 4.52 Å². The Balaban J connectivity index is 1.53. The van der Waals surface area contributed by atoms with Crippen LogP contribution in [0.4, 0.5) is 0 Å². The highest BCUT2D eigenvalue weighted by Crippen LogP contribution is 2.37. The summed E-state index contributed by atoms with van der Waals surface area (Å²) in [5, 5.41) is 5.74. The Labute approximate surface area is 181 Å². The van der Waals surface area contributed by atoms with Gasteiger partial charge in [0.2, 0.25) is 21.7 Å². The zero-order valence-electron chi connectivity index (χ0n) is 17.2. The molecule has 3 aromatic carbocycles. The van der Waals surface area contributed by atoms with Crippen molar-refractivity contribution in [3.05, 3.63) is 78.2 Å². The van der Waals surface area contributed by atoms with E-state index in [2.05, 4.69) is 10.1 Å². The van der Waals surface area contributed by atoms with E-state index < -0.39 is 16.1 Å². The molecule has 1 aromatic heterocycles. The number of hydrogen-bond donors (Lipinski definition) is 0. The lowest BCUT2D eigenvalue weighted by molar-refractivity contribution is 0.205. The molecule has 0 aliphatic carbocycles. The van der Waals surface area contributed by atoms with Gasteiger partial charge in [-0.1, -0.05) is 77.8 Å². The van der Waals surface area contributed by atoms with Gasteiger partial charge in [-0.3, -0.25) is 0 Å². The molecule has 1 aliphatic rings. The molecule has 0 radical (unpaired) electrons. The molecular weight excluding hydrogens is 410 g/mol. The average Bonchev–Trinajstić information content (AvgIpc) is 3.29. The summed E-state index contributed by atoms with van der Waals surface area (Å²) in [6.45, 7) is 2.45. The Morgan fingerprint density at radius 3 is 2.58 bits per heavy atom. The van der Waals surface area contributed by atoms with E-state index in [9.17, 15) is 8.42 Å². The normalized spacial score (nSPS) is 17.8. The van der Waals surface area contributed by atoms with Crippen LogP contribution < -0.4 is 0 Å². The molecule has 0 saturated carbocycles. The second-order valence-electron chi connectivity index (χ2n) is 7.93. The molecule has 4 aromatic rings. The van der Waals surface area contributed by atoms with Crippen LogP contribution in [0.2, 0.25) is 0 Å². The highest BCUT2D eigenvalue weighted by atomic mass is 32.2. The molecule has 2 heterocycles. The topological polar surface area (TPSA) is 76.3 Å². The highest BCUT2D eigenvalue weighted by molar-refractivity contribution is 7.89. The molecule has 1 unspecified atom stereocenters. The summed E-state index contributed by atoms with van der Waals surface area (Å²) in [4.78, 5) is 4.89. The second-order valence-corrected chi connectivity index (χ2v) is 9.79. The van der Waals surface area contributed by atoms with E-state index in [1.54, 1.807) is 12.1 Å². The van der Waals surface area contributed by atoms with Crippen molar-refractivity contribution in [1.82, 2.24) is 14.4 Å². The minimum absolute atomic E-state index is 0.316. The number of hydrogen-bond acceptors (Lipinski definition) is 5. The molecule has 7 heteroatoms. The van der Waals surface area contributed by atoms with Gasteiger partial charge >= 0.3 is 0 Å². The first-order valence-corrected chi connectivity index (χ1v) is 11.9. The third kappa shape index (κ3) is 3.64. The predicted octanol–water partition coefficient (Wildman–Crippen LogP) is 5.11. The van der Waals surface area contributed by atoms with Gasteiger partial charge in [-0.05, 0) is 31.2 Å². The first-order valence-electron chi connectivity index (χ1n) is 10.4. The molecule has 158 valence electrons. The maximum absolute atomic E-state index is 13.7. The third-order valence-corrected chi connectivity index (χ3v) is 7.79. The minimum atomic E-state index is -3.74. The van der Waals surface area contributed by atoms with Gasteiger partial charge in [0.05, 0.1) is 4.90 Å². The summed E-state index contributed by atoms with van der Waals surface area (Å²) in [6, 6.07) is 20.3. The Kier molecular flexibility index (Phi) is 5.08. The molecule has 1 saturated heterocycles. The third-order valence-electron chi connectivity index (χ3n) is 5.83. The minimum Gasteiger partial charge on any atom is -0.337 e. The van der Waals surface area contributed by atoms with E-state index in [1.807, 2.05) is 61.5 Å². The van der Waals surface area contributed by atoms with Crippen molar-refractivity contribution in [2.75, 3.05) is 6.54 Å². The second kappa shape index (κ2) is 7.90. The van der Waals surface area contributed by atoms with Crippen molar-refractivity contribution < 1.29 is 12.9 Å².